The maximum Gasteiger partial charge on any atom is 0.258 e. The number of nitrogens with one attached hydrogen (secondary N) is 1. The Morgan fingerprint density at radius 3 is 2.40 bits per heavy atom. The molecule has 1 aromatic heterocycles. The van der Waals surface area contributed by atoms with Gasteiger partial charge in [-0.25, -0.2) is 8.78 Å². The molecule has 1 aliphatic heterocycles. The molecule has 0 saturated heterocycles. The predicted octanol–water partition coefficient (Wildman–Crippen LogP) is 6.50. The molecule has 1 atom stereocenters. The summed E-state index contributed by atoms with van der Waals surface area (Å²) in [6.45, 7) is 5.86. The van der Waals surface area contributed by atoms with Crippen molar-refractivity contribution in [1.82, 2.24) is 15.5 Å². The molecule has 0 bridgehead atoms. The van der Waals surface area contributed by atoms with Gasteiger partial charge in [0, 0.05) is 17.3 Å². The SMILES string of the molecule is CC1=C(c2nc(-c3cccc(C)c3)no2)C(c2ccc(C)cc2)NC(=S)N1c1ccc(F)c(F)c1. The Labute approximate surface area is 207 Å². The van der Waals surface area contributed by atoms with E-state index in [0.717, 1.165) is 34.4 Å². The van der Waals surface area contributed by atoms with Crippen molar-refractivity contribution < 1.29 is 13.3 Å². The third kappa shape index (κ3) is 4.33. The maximum absolute atomic E-state index is 14.1. The Morgan fingerprint density at radius 2 is 1.69 bits per heavy atom. The van der Waals surface area contributed by atoms with Gasteiger partial charge in [0.15, 0.2) is 16.7 Å². The zero-order chi connectivity index (χ0) is 24.7. The third-order valence-corrected chi connectivity index (χ3v) is 6.29. The molecule has 1 N–H and O–H groups in total. The van der Waals surface area contributed by atoms with Crippen LogP contribution in [0.25, 0.3) is 17.0 Å². The fraction of sp³-hybridized carbons (Fsp3) is 0.148. The first-order chi connectivity index (χ1) is 16.8. The van der Waals surface area contributed by atoms with Crippen LogP contribution in [0.3, 0.4) is 0 Å². The molecule has 3 aromatic carbocycles. The van der Waals surface area contributed by atoms with E-state index in [1.165, 1.54) is 6.07 Å². The fourth-order valence-electron chi connectivity index (χ4n) is 4.20. The zero-order valence-electron chi connectivity index (χ0n) is 19.3. The number of nitrogens with zero attached hydrogens (tertiary/aromatic N) is 3. The molecular weight excluding hydrogens is 466 g/mol. The average molecular weight is 489 g/mol. The van der Waals surface area contributed by atoms with Gasteiger partial charge in [-0.3, -0.25) is 4.90 Å². The van der Waals surface area contributed by atoms with E-state index in [0.29, 0.717) is 33.8 Å². The molecule has 2 heterocycles. The summed E-state index contributed by atoms with van der Waals surface area (Å²) in [6, 6.07) is 19.2. The van der Waals surface area contributed by atoms with E-state index in [1.54, 1.807) is 4.90 Å². The molecule has 0 radical (unpaired) electrons. The van der Waals surface area contributed by atoms with Crippen LogP contribution < -0.4 is 10.2 Å². The van der Waals surface area contributed by atoms with Crippen molar-refractivity contribution in [2.24, 2.45) is 0 Å². The summed E-state index contributed by atoms with van der Waals surface area (Å²) in [6.07, 6.45) is 0. The number of aryl methyl sites for hydroxylation is 2. The van der Waals surface area contributed by atoms with Crippen LogP contribution in [0.2, 0.25) is 0 Å². The number of thiocarbonyl (C=S) groups is 1. The van der Waals surface area contributed by atoms with Gasteiger partial charge in [-0.15, -0.1) is 0 Å². The molecule has 0 fully saturated rings. The predicted molar refractivity (Wildman–Crippen MR) is 136 cm³/mol. The molecule has 1 unspecified atom stereocenters. The minimum Gasteiger partial charge on any atom is -0.351 e. The average Bonchev–Trinajstić information content (AvgIpc) is 3.31. The largest absolute Gasteiger partial charge is 0.351 e. The van der Waals surface area contributed by atoms with Crippen LogP contribution in [0.5, 0.6) is 0 Å². The first kappa shape index (κ1) is 22.9. The highest BCUT2D eigenvalue weighted by molar-refractivity contribution is 7.80. The second-order valence-corrected chi connectivity index (χ2v) is 8.91. The van der Waals surface area contributed by atoms with E-state index in [4.69, 9.17) is 21.7 Å². The summed E-state index contributed by atoms with van der Waals surface area (Å²) in [4.78, 5) is 6.34. The molecule has 0 spiro atoms. The topological polar surface area (TPSA) is 54.2 Å². The molecule has 176 valence electrons. The van der Waals surface area contributed by atoms with Crippen LogP contribution in [0.4, 0.5) is 14.5 Å². The van der Waals surface area contributed by atoms with Crippen LogP contribution in [-0.4, -0.2) is 15.3 Å². The lowest BCUT2D eigenvalue weighted by molar-refractivity contribution is 0.404. The lowest BCUT2D eigenvalue weighted by Gasteiger charge is -2.37. The second-order valence-electron chi connectivity index (χ2n) is 8.52. The summed E-state index contributed by atoms with van der Waals surface area (Å²) in [5.41, 5.74) is 5.74. The highest BCUT2D eigenvalue weighted by Gasteiger charge is 2.35. The summed E-state index contributed by atoms with van der Waals surface area (Å²) in [5.74, 6) is -1.12. The quantitative estimate of drug-likeness (QED) is 0.331. The third-order valence-electron chi connectivity index (χ3n) is 5.99. The summed E-state index contributed by atoms with van der Waals surface area (Å²) < 4.78 is 33.5. The molecule has 1 aliphatic rings. The van der Waals surface area contributed by atoms with Crippen molar-refractivity contribution in [3.63, 3.8) is 0 Å². The zero-order valence-corrected chi connectivity index (χ0v) is 20.2. The van der Waals surface area contributed by atoms with Gasteiger partial charge < -0.3 is 9.84 Å². The van der Waals surface area contributed by atoms with Gasteiger partial charge in [0.05, 0.1) is 17.3 Å². The molecular formula is C27H22F2N4OS. The van der Waals surface area contributed by atoms with E-state index in [1.807, 2.05) is 69.3 Å². The molecule has 8 heteroatoms. The highest BCUT2D eigenvalue weighted by Crippen LogP contribution is 2.39. The maximum atomic E-state index is 14.1. The number of rotatable bonds is 4. The number of aromatic nitrogens is 2. The van der Waals surface area contributed by atoms with Gasteiger partial charge in [0.25, 0.3) is 5.89 Å². The van der Waals surface area contributed by atoms with Crippen LogP contribution in [0.15, 0.2) is 77.0 Å². The number of benzene rings is 3. The molecule has 5 rings (SSSR count). The molecule has 35 heavy (non-hydrogen) atoms. The highest BCUT2D eigenvalue weighted by atomic mass is 32.1. The van der Waals surface area contributed by atoms with E-state index < -0.39 is 11.6 Å². The van der Waals surface area contributed by atoms with Gasteiger partial charge in [0.2, 0.25) is 5.82 Å². The van der Waals surface area contributed by atoms with Crippen LogP contribution in [0, 0.1) is 25.5 Å². The Morgan fingerprint density at radius 1 is 0.914 bits per heavy atom. The van der Waals surface area contributed by atoms with Gasteiger partial charge >= 0.3 is 0 Å². The van der Waals surface area contributed by atoms with E-state index in [9.17, 15) is 8.78 Å². The van der Waals surface area contributed by atoms with Gasteiger partial charge in [-0.2, -0.15) is 4.98 Å². The monoisotopic (exact) mass is 488 g/mol. The molecule has 0 amide bonds. The van der Waals surface area contributed by atoms with Crippen molar-refractivity contribution in [3.05, 3.63) is 107 Å². The van der Waals surface area contributed by atoms with Crippen LogP contribution >= 0.6 is 12.2 Å². The van der Waals surface area contributed by atoms with Gasteiger partial charge in [0.1, 0.15) is 0 Å². The van der Waals surface area contributed by atoms with Crippen molar-refractivity contribution >= 4 is 28.6 Å². The van der Waals surface area contributed by atoms with E-state index >= 15 is 0 Å². The molecule has 5 nitrogen and oxygen atoms in total. The van der Waals surface area contributed by atoms with Crippen molar-refractivity contribution in [2.75, 3.05) is 4.90 Å². The second kappa shape index (κ2) is 9.03. The van der Waals surface area contributed by atoms with Crippen LogP contribution in [-0.2, 0) is 0 Å². The summed E-state index contributed by atoms with van der Waals surface area (Å²) in [5, 5.41) is 7.89. The minimum absolute atomic E-state index is 0.312. The fourth-order valence-corrected chi connectivity index (χ4v) is 4.56. The lowest BCUT2D eigenvalue weighted by Crippen LogP contribution is -2.46. The van der Waals surface area contributed by atoms with Gasteiger partial charge in [-0.05, 0) is 56.8 Å². The molecule has 0 aliphatic carbocycles. The van der Waals surface area contributed by atoms with Crippen molar-refractivity contribution in [2.45, 2.75) is 26.8 Å². The summed E-state index contributed by atoms with van der Waals surface area (Å²) in [7, 11) is 0. The number of hydrogen-bond acceptors (Lipinski definition) is 4. The van der Waals surface area contributed by atoms with E-state index in [-0.39, 0.29) is 6.04 Å². The number of halogens is 2. The summed E-state index contributed by atoms with van der Waals surface area (Å²) >= 11 is 5.66. The van der Waals surface area contributed by atoms with Crippen LogP contribution in [0.1, 0.15) is 35.5 Å². The normalized spacial score (nSPS) is 16.0. The molecule has 0 saturated carbocycles. The lowest BCUT2D eigenvalue weighted by atomic mass is 9.94. The van der Waals surface area contributed by atoms with Crippen molar-refractivity contribution in [1.29, 1.82) is 0 Å². The first-order valence-corrected chi connectivity index (χ1v) is 11.5. The Kier molecular flexibility index (Phi) is 5.90. The first-order valence-electron chi connectivity index (χ1n) is 11.1. The molecule has 4 aromatic rings. The van der Waals surface area contributed by atoms with Crippen molar-refractivity contribution in [3.8, 4) is 11.4 Å². The number of allylic oxidation sites excluding steroid dienone is 1. The van der Waals surface area contributed by atoms with Gasteiger partial charge in [-0.1, -0.05) is 58.7 Å². The van der Waals surface area contributed by atoms with E-state index in [2.05, 4.69) is 10.5 Å². The smallest absolute Gasteiger partial charge is 0.258 e. The number of anilines is 1. The standard InChI is InChI=1S/C27H22F2N4OS/c1-15-7-9-18(10-8-15)24-23(26-31-25(32-34-26)19-6-4-5-16(2)13-19)17(3)33(27(35)30-24)20-11-12-21(28)22(29)14-20/h4-14,24H,1-3H3,(H,30,35). The number of hydrogen-bond donors (Lipinski definition) is 1. The Bertz CT molecular complexity index is 1460. The Balaban J connectivity index is 1.66. The minimum atomic E-state index is -0.958. The Hall–Kier alpha value is -3.91.